The van der Waals surface area contributed by atoms with E-state index in [1.54, 1.807) is 13.8 Å². The van der Waals surface area contributed by atoms with E-state index < -0.39 is 54.5 Å². The molecule has 0 radical (unpaired) electrons. The first kappa shape index (κ1) is 26.1. The lowest BCUT2D eigenvalue weighted by Gasteiger charge is -2.27. The quantitative estimate of drug-likeness (QED) is 0.188. The molecule has 0 rings (SSSR count). The third kappa shape index (κ3) is 8.89. The van der Waals surface area contributed by atoms with Gasteiger partial charge in [-0.15, -0.1) is 0 Å². The molecule has 7 N–H and O–H groups in total. The molecular formula is C17H32N4O6S. The van der Waals surface area contributed by atoms with E-state index in [0.29, 0.717) is 0 Å². The van der Waals surface area contributed by atoms with Crippen molar-refractivity contribution in [2.24, 2.45) is 17.6 Å². The van der Waals surface area contributed by atoms with E-state index in [9.17, 15) is 19.2 Å². The van der Waals surface area contributed by atoms with Gasteiger partial charge in [-0.2, -0.15) is 12.6 Å². The highest BCUT2D eigenvalue weighted by atomic mass is 32.1. The summed E-state index contributed by atoms with van der Waals surface area (Å²) in [5, 5.41) is 25.4. The molecule has 0 heterocycles. The lowest BCUT2D eigenvalue weighted by molar-refractivity contribution is -0.141. The molecule has 4 atom stereocenters. The largest absolute Gasteiger partial charge is 0.480 e. The van der Waals surface area contributed by atoms with Crippen LogP contribution in [0.2, 0.25) is 0 Å². The summed E-state index contributed by atoms with van der Waals surface area (Å²) in [6, 6.07) is -4.33. The highest BCUT2D eigenvalue weighted by Crippen LogP contribution is 2.09. The van der Waals surface area contributed by atoms with Gasteiger partial charge in [-0.1, -0.05) is 27.7 Å². The second-order valence-corrected chi connectivity index (χ2v) is 7.66. The first-order valence-electron chi connectivity index (χ1n) is 9.05. The molecule has 0 fully saturated rings. The number of rotatable bonds is 12. The summed E-state index contributed by atoms with van der Waals surface area (Å²) in [4.78, 5) is 48.2. The third-order valence-electron chi connectivity index (χ3n) is 3.92. The molecular weight excluding hydrogens is 388 g/mol. The number of amides is 3. The van der Waals surface area contributed by atoms with E-state index in [1.807, 2.05) is 13.8 Å². The summed E-state index contributed by atoms with van der Waals surface area (Å²) >= 11 is 3.90. The molecule has 3 amide bonds. The molecule has 0 aromatic heterocycles. The maximum Gasteiger partial charge on any atom is 0.327 e. The Morgan fingerprint density at radius 1 is 0.929 bits per heavy atom. The van der Waals surface area contributed by atoms with E-state index >= 15 is 0 Å². The van der Waals surface area contributed by atoms with Gasteiger partial charge in [0.05, 0.1) is 6.61 Å². The minimum absolute atomic E-state index is 0.0326. The Balaban J connectivity index is 5.31. The van der Waals surface area contributed by atoms with Crippen molar-refractivity contribution in [3.8, 4) is 0 Å². The Hall–Kier alpha value is -1.85. The predicted octanol–water partition coefficient (Wildman–Crippen LogP) is -1.52. The normalized spacial score (nSPS) is 15.5. The molecule has 0 saturated carbocycles. The molecule has 0 aliphatic carbocycles. The third-order valence-corrected chi connectivity index (χ3v) is 4.28. The van der Waals surface area contributed by atoms with Crippen LogP contribution in [-0.2, 0) is 19.2 Å². The second kappa shape index (κ2) is 12.6. The number of aliphatic carboxylic acids is 1. The molecule has 11 heteroatoms. The Kier molecular flexibility index (Phi) is 11.7. The topological polar surface area (TPSA) is 171 Å². The summed E-state index contributed by atoms with van der Waals surface area (Å²) in [5.41, 5.74) is 5.46. The van der Waals surface area contributed by atoms with E-state index in [4.69, 9.17) is 15.9 Å². The lowest BCUT2D eigenvalue weighted by atomic mass is 9.99. The van der Waals surface area contributed by atoms with Crippen LogP contribution in [0.3, 0.4) is 0 Å². The number of nitrogens with two attached hydrogens (primary N) is 1. The van der Waals surface area contributed by atoms with Crippen LogP contribution in [-0.4, -0.2) is 70.4 Å². The molecule has 0 aromatic rings. The number of nitrogens with one attached hydrogen (secondary N) is 3. The van der Waals surface area contributed by atoms with Crippen LogP contribution in [0, 0.1) is 11.8 Å². The Morgan fingerprint density at radius 3 is 1.86 bits per heavy atom. The van der Waals surface area contributed by atoms with Gasteiger partial charge in [0, 0.05) is 5.75 Å². The SMILES string of the molecule is CC(C)CC(NC(=O)C(NC(=O)C(N)CO)C(C)C)C(=O)NC(CS)C(=O)O. The van der Waals surface area contributed by atoms with E-state index in [0.717, 1.165) is 0 Å². The van der Waals surface area contributed by atoms with Crippen molar-refractivity contribution in [3.05, 3.63) is 0 Å². The predicted molar refractivity (Wildman–Crippen MR) is 107 cm³/mol. The van der Waals surface area contributed by atoms with Crippen molar-refractivity contribution < 1.29 is 29.4 Å². The van der Waals surface area contributed by atoms with Gasteiger partial charge in [0.2, 0.25) is 17.7 Å². The van der Waals surface area contributed by atoms with Crippen molar-refractivity contribution >= 4 is 36.3 Å². The van der Waals surface area contributed by atoms with Crippen LogP contribution in [0.5, 0.6) is 0 Å². The Labute approximate surface area is 170 Å². The number of hydrogen-bond donors (Lipinski definition) is 7. The van der Waals surface area contributed by atoms with Crippen LogP contribution in [0.4, 0.5) is 0 Å². The van der Waals surface area contributed by atoms with Crippen molar-refractivity contribution in [3.63, 3.8) is 0 Å². The Morgan fingerprint density at radius 2 is 1.46 bits per heavy atom. The number of carboxylic acid groups (broad SMARTS) is 1. The van der Waals surface area contributed by atoms with Gasteiger partial charge >= 0.3 is 5.97 Å². The zero-order chi connectivity index (χ0) is 22.0. The van der Waals surface area contributed by atoms with Crippen molar-refractivity contribution in [1.82, 2.24) is 16.0 Å². The fourth-order valence-electron chi connectivity index (χ4n) is 2.30. The fraction of sp³-hybridized carbons (Fsp3) is 0.765. The Bertz CT molecular complexity index is 558. The monoisotopic (exact) mass is 420 g/mol. The first-order valence-corrected chi connectivity index (χ1v) is 9.68. The number of aliphatic hydroxyl groups is 1. The van der Waals surface area contributed by atoms with Gasteiger partial charge in [-0.05, 0) is 18.3 Å². The molecule has 10 nitrogen and oxygen atoms in total. The average molecular weight is 421 g/mol. The molecule has 0 aromatic carbocycles. The molecule has 0 aliphatic rings. The summed E-state index contributed by atoms with van der Waals surface area (Å²) in [7, 11) is 0. The van der Waals surface area contributed by atoms with E-state index in [2.05, 4.69) is 28.6 Å². The minimum Gasteiger partial charge on any atom is -0.480 e. The average Bonchev–Trinajstić information content (AvgIpc) is 2.61. The molecule has 28 heavy (non-hydrogen) atoms. The number of carboxylic acids is 1. The molecule has 4 unspecified atom stereocenters. The van der Waals surface area contributed by atoms with Gasteiger partial charge in [0.1, 0.15) is 24.2 Å². The maximum absolute atomic E-state index is 12.7. The molecule has 0 saturated heterocycles. The zero-order valence-electron chi connectivity index (χ0n) is 16.6. The minimum atomic E-state index is -1.23. The molecule has 0 bridgehead atoms. The highest BCUT2D eigenvalue weighted by Gasteiger charge is 2.31. The van der Waals surface area contributed by atoms with Crippen LogP contribution in [0.25, 0.3) is 0 Å². The van der Waals surface area contributed by atoms with Crippen LogP contribution < -0.4 is 21.7 Å². The number of carbonyl (C=O) groups excluding carboxylic acids is 3. The number of carbonyl (C=O) groups is 4. The van der Waals surface area contributed by atoms with Gasteiger partial charge in [0.25, 0.3) is 0 Å². The van der Waals surface area contributed by atoms with Gasteiger partial charge in [-0.25, -0.2) is 4.79 Å². The summed E-state index contributed by atoms with van der Waals surface area (Å²) < 4.78 is 0. The smallest absolute Gasteiger partial charge is 0.327 e. The number of hydrogen-bond acceptors (Lipinski definition) is 7. The number of aliphatic hydroxyl groups excluding tert-OH is 1. The van der Waals surface area contributed by atoms with Crippen LogP contribution >= 0.6 is 12.6 Å². The standard InChI is InChI=1S/C17H32N4O6S/c1-8(2)5-11(15(24)20-12(7-28)17(26)27)19-16(25)13(9(3)4)21-14(23)10(18)6-22/h8-13,22,28H,5-7,18H2,1-4H3,(H,19,25)(H,20,24)(H,21,23)(H,26,27). The maximum atomic E-state index is 12.7. The highest BCUT2D eigenvalue weighted by molar-refractivity contribution is 7.80. The number of thiol groups is 1. The lowest BCUT2D eigenvalue weighted by Crippen LogP contribution is -2.59. The van der Waals surface area contributed by atoms with E-state index in [-0.39, 0.29) is 24.0 Å². The van der Waals surface area contributed by atoms with Crippen molar-refractivity contribution in [2.75, 3.05) is 12.4 Å². The van der Waals surface area contributed by atoms with Gasteiger partial charge in [-0.3, -0.25) is 14.4 Å². The van der Waals surface area contributed by atoms with Gasteiger partial charge in [0.15, 0.2) is 0 Å². The summed E-state index contributed by atoms with van der Waals surface area (Å²) in [6.45, 7) is 6.53. The summed E-state index contributed by atoms with van der Waals surface area (Å²) in [5.74, 6) is -3.57. The molecule has 162 valence electrons. The zero-order valence-corrected chi connectivity index (χ0v) is 17.5. The van der Waals surface area contributed by atoms with E-state index in [1.165, 1.54) is 0 Å². The van der Waals surface area contributed by atoms with Crippen molar-refractivity contribution in [1.29, 1.82) is 0 Å². The van der Waals surface area contributed by atoms with Gasteiger partial charge < -0.3 is 31.9 Å². The molecule has 0 aliphatic heterocycles. The molecule has 0 spiro atoms. The van der Waals surface area contributed by atoms with Crippen LogP contribution in [0.1, 0.15) is 34.1 Å². The van der Waals surface area contributed by atoms with Crippen molar-refractivity contribution in [2.45, 2.75) is 58.3 Å². The summed E-state index contributed by atoms with van der Waals surface area (Å²) in [6.07, 6.45) is 0.269. The fourth-order valence-corrected chi connectivity index (χ4v) is 2.55. The van der Waals surface area contributed by atoms with Crippen LogP contribution in [0.15, 0.2) is 0 Å². The second-order valence-electron chi connectivity index (χ2n) is 7.29. The first-order chi connectivity index (χ1) is 12.9.